The molecule has 0 amide bonds. The lowest BCUT2D eigenvalue weighted by Gasteiger charge is -2.10. The topological polar surface area (TPSA) is 85.1 Å². The lowest BCUT2D eigenvalue weighted by molar-refractivity contribution is 0.321. The summed E-state index contributed by atoms with van der Waals surface area (Å²) in [6, 6.07) is 6.30. The molecular weight excluding hydrogens is 273 g/mol. The Hall–Kier alpha value is -2.41. The van der Waals surface area contributed by atoms with E-state index in [0.29, 0.717) is 36.2 Å². The number of aromatic nitrogens is 2. The summed E-state index contributed by atoms with van der Waals surface area (Å²) in [4.78, 5) is 8.50. The zero-order chi connectivity index (χ0) is 15.2. The Kier molecular flexibility index (Phi) is 4.89. The summed E-state index contributed by atoms with van der Waals surface area (Å²) in [5.74, 6) is 6.84. The van der Waals surface area contributed by atoms with E-state index in [2.05, 4.69) is 20.7 Å². The molecule has 0 aliphatic heterocycles. The van der Waals surface area contributed by atoms with E-state index in [9.17, 15) is 4.39 Å². The number of nitrogens with zero attached hydrogens (tertiary/aromatic N) is 2. The third kappa shape index (κ3) is 3.79. The van der Waals surface area contributed by atoms with E-state index < -0.39 is 5.82 Å². The second kappa shape index (κ2) is 6.85. The fourth-order valence-corrected chi connectivity index (χ4v) is 1.79. The van der Waals surface area contributed by atoms with Gasteiger partial charge in [-0.05, 0) is 19.1 Å². The molecule has 1 aromatic carbocycles. The first-order valence-corrected chi connectivity index (χ1v) is 6.70. The Labute approximate surface area is 122 Å². The van der Waals surface area contributed by atoms with Crippen LogP contribution in [0.15, 0.2) is 24.3 Å². The second-order valence-electron chi connectivity index (χ2n) is 4.26. The van der Waals surface area contributed by atoms with Crippen LogP contribution in [0.4, 0.5) is 21.7 Å². The zero-order valence-corrected chi connectivity index (χ0v) is 12.0. The predicted octanol–water partition coefficient (Wildman–Crippen LogP) is 2.61. The molecule has 7 heteroatoms. The first-order valence-electron chi connectivity index (χ1n) is 6.70. The fraction of sp³-hybridized carbons (Fsp3) is 0.286. The lowest BCUT2D eigenvalue weighted by Crippen LogP contribution is -2.11. The Bertz CT molecular complexity index is 598. The Morgan fingerprint density at radius 1 is 1.19 bits per heavy atom. The Morgan fingerprint density at radius 3 is 2.57 bits per heavy atom. The number of rotatable bonds is 6. The largest absolute Gasteiger partial charge is 0.491 e. The minimum absolute atomic E-state index is 0.226. The Morgan fingerprint density at radius 2 is 1.95 bits per heavy atom. The first kappa shape index (κ1) is 15.0. The molecule has 21 heavy (non-hydrogen) atoms. The molecule has 112 valence electrons. The van der Waals surface area contributed by atoms with Gasteiger partial charge in [0.05, 0.1) is 6.61 Å². The van der Waals surface area contributed by atoms with Gasteiger partial charge in [0.2, 0.25) is 0 Å². The first-order chi connectivity index (χ1) is 10.2. The van der Waals surface area contributed by atoms with E-state index in [1.54, 1.807) is 25.1 Å². The third-order valence-electron chi connectivity index (χ3n) is 2.74. The van der Waals surface area contributed by atoms with Gasteiger partial charge in [0, 0.05) is 24.2 Å². The molecule has 0 unspecified atom stereocenters. The van der Waals surface area contributed by atoms with E-state index >= 15 is 0 Å². The van der Waals surface area contributed by atoms with Crippen LogP contribution in [0.1, 0.15) is 19.7 Å². The van der Waals surface area contributed by atoms with E-state index in [1.165, 1.54) is 6.07 Å². The highest BCUT2D eigenvalue weighted by atomic mass is 19.1. The number of hydrogen-bond acceptors (Lipinski definition) is 6. The number of nitrogen functional groups attached to an aromatic ring is 1. The standard InChI is InChI=1S/C14H18FN5O/c1-3-12-18-13(8-14(19-12)20-16)17-9-5-6-11(21-4-2)10(15)7-9/h5-8H,3-4,16H2,1-2H3,(H2,17,18,19,20). The quantitative estimate of drug-likeness (QED) is 0.560. The van der Waals surface area contributed by atoms with Crippen LogP contribution in [0.5, 0.6) is 5.75 Å². The van der Waals surface area contributed by atoms with Crippen LogP contribution in [0.3, 0.4) is 0 Å². The van der Waals surface area contributed by atoms with Gasteiger partial charge in [-0.2, -0.15) is 0 Å². The van der Waals surface area contributed by atoms with E-state index in [4.69, 9.17) is 10.6 Å². The molecule has 0 spiro atoms. The number of benzene rings is 1. The van der Waals surface area contributed by atoms with Crippen LogP contribution in [0, 0.1) is 5.82 Å². The van der Waals surface area contributed by atoms with Crippen molar-refractivity contribution in [1.82, 2.24) is 9.97 Å². The lowest BCUT2D eigenvalue weighted by atomic mass is 10.3. The second-order valence-corrected chi connectivity index (χ2v) is 4.26. The molecule has 6 nitrogen and oxygen atoms in total. The van der Waals surface area contributed by atoms with Crippen LogP contribution in [-0.4, -0.2) is 16.6 Å². The molecule has 0 fully saturated rings. The maximum absolute atomic E-state index is 13.8. The van der Waals surface area contributed by atoms with Gasteiger partial charge < -0.3 is 15.5 Å². The predicted molar refractivity (Wildman–Crippen MR) is 80.1 cm³/mol. The van der Waals surface area contributed by atoms with Gasteiger partial charge in [-0.25, -0.2) is 20.2 Å². The summed E-state index contributed by atoms with van der Waals surface area (Å²) in [6.45, 7) is 4.16. The van der Waals surface area contributed by atoms with Crippen molar-refractivity contribution < 1.29 is 9.13 Å². The summed E-state index contributed by atoms with van der Waals surface area (Å²) in [7, 11) is 0. The van der Waals surface area contributed by atoms with Gasteiger partial charge in [-0.15, -0.1) is 0 Å². The van der Waals surface area contributed by atoms with Crippen LogP contribution in [0.2, 0.25) is 0 Å². The number of hydrogen-bond donors (Lipinski definition) is 3. The Balaban J connectivity index is 2.23. The third-order valence-corrected chi connectivity index (χ3v) is 2.74. The number of nitrogens with one attached hydrogen (secondary N) is 2. The van der Waals surface area contributed by atoms with Crippen molar-refractivity contribution >= 4 is 17.3 Å². The number of hydrazine groups is 1. The zero-order valence-electron chi connectivity index (χ0n) is 12.0. The maximum atomic E-state index is 13.8. The van der Waals surface area contributed by atoms with E-state index in [0.717, 1.165) is 0 Å². The van der Waals surface area contributed by atoms with Crippen molar-refractivity contribution in [3.05, 3.63) is 35.9 Å². The van der Waals surface area contributed by atoms with Gasteiger partial charge in [0.25, 0.3) is 0 Å². The highest BCUT2D eigenvalue weighted by Crippen LogP contribution is 2.24. The van der Waals surface area contributed by atoms with Crippen molar-refractivity contribution in [2.24, 2.45) is 5.84 Å². The minimum atomic E-state index is -0.427. The highest BCUT2D eigenvalue weighted by molar-refractivity contribution is 5.60. The normalized spacial score (nSPS) is 10.3. The number of ether oxygens (including phenoxy) is 1. The summed E-state index contributed by atoms with van der Waals surface area (Å²) < 4.78 is 19.0. The van der Waals surface area contributed by atoms with Crippen LogP contribution in [-0.2, 0) is 6.42 Å². The van der Waals surface area contributed by atoms with E-state index in [1.807, 2.05) is 6.92 Å². The number of anilines is 3. The van der Waals surface area contributed by atoms with Crippen LogP contribution in [0.25, 0.3) is 0 Å². The van der Waals surface area contributed by atoms with Crippen LogP contribution >= 0.6 is 0 Å². The molecular formula is C14H18FN5O. The smallest absolute Gasteiger partial charge is 0.167 e. The SMILES string of the molecule is CCOc1ccc(Nc2cc(NN)nc(CC)n2)cc1F. The number of aryl methyl sites for hydroxylation is 1. The molecule has 0 aliphatic rings. The maximum Gasteiger partial charge on any atom is 0.167 e. The van der Waals surface area contributed by atoms with Gasteiger partial charge in [-0.1, -0.05) is 6.92 Å². The molecule has 1 heterocycles. The van der Waals surface area contributed by atoms with Crippen molar-refractivity contribution in [3.8, 4) is 5.75 Å². The molecule has 4 N–H and O–H groups in total. The molecule has 1 aromatic heterocycles. The van der Waals surface area contributed by atoms with Gasteiger partial charge in [0.15, 0.2) is 11.6 Å². The fourth-order valence-electron chi connectivity index (χ4n) is 1.79. The van der Waals surface area contributed by atoms with Crippen LogP contribution < -0.4 is 21.3 Å². The highest BCUT2D eigenvalue weighted by Gasteiger charge is 2.07. The van der Waals surface area contributed by atoms with Gasteiger partial charge in [0.1, 0.15) is 17.5 Å². The molecule has 2 aromatic rings. The average molecular weight is 291 g/mol. The van der Waals surface area contributed by atoms with Crippen molar-refractivity contribution in [2.75, 3.05) is 17.3 Å². The van der Waals surface area contributed by atoms with E-state index in [-0.39, 0.29) is 5.75 Å². The van der Waals surface area contributed by atoms with Crippen molar-refractivity contribution in [3.63, 3.8) is 0 Å². The monoisotopic (exact) mass is 291 g/mol. The molecule has 0 atom stereocenters. The van der Waals surface area contributed by atoms with Gasteiger partial charge in [-0.3, -0.25) is 0 Å². The summed E-state index contributed by atoms with van der Waals surface area (Å²) in [6.07, 6.45) is 0.668. The minimum Gasteiger partial charge on any atom is -0.491 e. The number of nitrogens with two attached hydrogens (primary N) is 1. The molecule has 0 aliphatic carbocycles. The molecule has 0 radical (unpaired) electrons. The van der Waals surface area contributed by atoms with Crippen molar-refractivity contribution in [1.29, 1.82) is 0 Å². The molecule has 2 rings (SSSR count). The average Bonchev–Trinajstić information content (AvgIpc) is 2.49. The number of halogens is 1. The van der Waals surface area contributed by atoms with Gasteiger partial charge >= 0.3 is 0 Å². The van der Waals surface area contributed by atoms with Crippen molar-refractivity contribution in [2.45, 2.75) is 20.3 Å². The summed E-state index contributed by atoms with van der Waals surface area (Å²) in [5, 5.41) is 3.02. The summed E-state index contributed by atoms with van der Waals surface area (Å²) in [5.41, 5.74) is 3.05. The molecule has 0 saturated carbocycles. The molecule has 0 saturated heterocycles. The molecule has 0 bridgehead atoms. The summed E-state index contributed by atoms with van der Waals surface area (Å²) >= 11 is 0.